The van der Waals surface area contributed by atoms with Crippen LogP contribution in [0.4, 0.5) is 4.39 Å². The van der Waals surface area contributed by atoms with Crippen LogP contribution in [0, 0.1) is 5.82 Å². The molecule has 3 N–H and O–H groups in total. The second-order valence-corrected chi connectivity index (χ2v) is 7.26. The number of nitrogens with one attached hydrogen (secondary N) is 1. The minimum atomic E-state index is -0.504. The molecule has 160 valence electrons. The monoisotopic (exact) mass is 421 g/mol. The van der Waals surface area contributed by atoms with Crippen LogP contribution in [0.15, 0.2) is 72.8 Å². The van der Waals surface area contributed by atoms with E-state index in [9.17, 15) is 14.0 Å². The molecule has 2 amide bonds. The van der Waals surface area contributed by atoms with Gasteiger partial charge in [-0.1, -0.05) is 12.1 Å². The van der Waals surface area contributed by atoms with E-state index in [0.29, 0.717) is 29.2 Å². The maximum absolute atomic E-state index is 13.6. The lowest BCUT2D eigenvalue weighted by Crippen LogP contribution is -2.34. The minimum Gasteiger partial charge on any atom is -0.457 e. The first-order valence-electron chi connectivity index (χ1n) is 9.71. The summed E-state index contributed by atoms with van der Waals surface area (Å²) in [6.07, 6.45) is 0. The molecule has 0 saturated heterocycles. The predicted octanol–water partition coefficient (Wildman–Crippen LogP) is 3.75. The van der Waals surface area contributed by atoms with E-state index in [1.54, 1.807) is 54.6 Å². The van der Waals surface area contributed by atoms with Crippen LogP contribution in [0.1, 0.15) is 32.3 Å². The molecule has 0 aliphatic rings. The molecular formula is C24H24FN3O3. The van der Waals surface area contributed by atoms with Crippen molar-refractivity contribution < 1.29 is 18.7 Å². The normalized spacial score (nSPS) is 11.7. The Hall–Kier alpha value is -3.71. The van der Waals surface area contributed by atoms with E-state index in [2.05, 4.69) is 5.32 Å². The van der Waals surface area contributed by atoms with Crippen LogP contribution in [-0.4, -0.2) is 37.4 Å². The van der Waals surface area contributed by atoms with Gasteiger partial charge in [0.1, 0.15) is 17.3 Å². The fourth-order valence-electron chi connectivity index (χ4n) is 3.10. The van der Waals surface area contributed by atoms with Gasteiger partial charge >= 0.3 is 0 Å². The third-order valence-electron chi connectivity index (χ3n) is 4.80. The number of benzene rings is 3. The first-order chi connectivity index (χ1) is 14.8. The molecule has 0 saturated carbocycles. The largest absolute Gasteiger partial charge is 0.457 e. The van der Waals surface area contributed by atoms with E-state index in [1.165, 1.54) is 12.1 Å². The first-order valence-corrected chi connectivity index (χ1v) is 9.71. The van der Waals surface area contributed by atoms with Gasteiger partial charge in [0.05, 0.1) is 6.04 Å². The lowest BCUT2D eigenvalue weighted by atomic mass is 10.1. The fourth-order valence-corrected chi connectivity index (χ4v) is 3.10. The molecule has 3 aromatic carbocycles. The molecule has 0 aromatic heterocycles. The molecule has 3 aromatic rings. The SMILES string of the molecule is CN(C)C(CNC(=O)c1ccc(Oc2ccc(C(N)=O)cc2)cc1)c1cccc(F)c1. The smallest absolute Gasteiger partial charge is 0.251 e. The quantitative estimate of drug-likeness (QED) is 0.580. The van der Waals surface area contributed by atoms with Crippen molar-refractivity contribution in [2.75, 3.05) is 20.6 Å². The van der Waals surface area contributed by atoms with Crippen LogP contribution < -0.4 is 15.8 Å². The highest BCUT2D eigenvalue weighted by molar-refractivity contribution is 5.94. The fraction of sp³-hybridized carbons (Fsp3) is 0.167. The first kappa shape index (κ1) is 22.0. The highest BCUT2D eigenvalue weighted by Gasteiger charge is 2.16. The number of carbonyl (C=O) groups is 2. The lowest BCUT2D eigenvalue weighted by Gasteiger charge is -2.25. The highest BCUT2D eigenvalue weighted by Crippen LogP contribution is 2.22. The number of halogens is 1. The molecule has 0 aliphatic carbocycles. The van der Waals surface area contributed by atoms with E-state index >= 15 is 0 Å². The summed E-state index contributed by atoms with van der Waals surface area (Å²) in [5.74, 6) is 0.0485. The highest BCUT2D eigenvalue weighted by atomic mass is 19.1. The number of rotatable bonds is 8. The van der Waals surface area contributed by atoms with Gasteiger partial charge < -0.3 is 20.7 Å². The predicted molar refractivity (Wildman–Crippen MR) is 117 cm³/mol. The summed E-state index contributed by atoms with van der Waals surface area (Å²) in [5.41, 5.74) is 6.89. The molecule has 1 unspecified atom stereocenters. The van der Waals surface area contributed by atoms with E-state index in [-0.39, 0.29) is 17.8 Å². The van der Waals surface area contributed by atoms with Gasteiger partial charge in [0.2, 0.25) is 5.91 Å². The van der Waals surface area contributed by atoms with Gasteiger partial charge in [0, 0.05) is 17.7 Å². The number of hydrogen-bond donors (Lipinski definition) is 2. The molecule has 0 heterocycles. The molecule has 3 rings (SSSR count). The van der Waals surface area contributed by atoms with Crippen molar-refractivity contribution in [3.63, 3.8) is 0 Å². The lowest BCUT2D eigenvalue weighted by molar-refractivity contribution is 0.0940. The Kier molecular flexibility index (Phi) is 6.99. The van der Waals surface area contributed by atoms with Gasteiger partial charge in [-0.2, -0.15) is 0 Å². The van der Waals surface area contributed by atoms with Gasteiger partial charge in [-0.05, 0) is 80.3 Å². The van der Waals surface area contributed by atoms with Crippen molar-refractivity contribution in [1.82, 2.24) is 10.2 Å². The molecule has 0 aliphatic heterocycles. The van der Waals surface area contributed by atoms with Gasteiger partial charge in [0.25, 0.3) is 5.91 Å². The zero-order valence-corrected chi connectivity index (χ0v) is 17.3. The van der Waals surface area contributed by atoms with Crippen LogP contribution >= 0.6 is 0 Å². The standard InChI is InChI=1S/C24H24FN3O3/c1-28(2)22(18-4-3-5-19(25)14-18)15-27-24(30)17-8-12-21(13-9-17)31-20-10-6-16(7-11-20)23(26)29/h3-14,22H,15H2,1-2H3,(H2,26,29)(H,27,30). The Bertz CT molecular complexity index is 1050. The summed E-state index contributed by atoms with van der Waals surface area (Å²) in [5, 5.41) is 2.90. The van der Waals surface area contributed by atoms with Crippen LogP contribution in [0.5, 0.6) is 11.5 Å². The number of nitrogens with zero attached hydrogens (tertiary/aromatic N) is 1. The number of likely N-dealkylation sites (N-methyl/N-ethyl adjacent to an activating group) is 1. The van der Waals surface area contributed by atoms with Crippen molar-refractivity contribution >= 4 is 11.8 Å². The van der Waals surface area contributed by atoms with Crippen LogP contribution in [0.3, 0.4) is 0 Å². The van der Waals surface area contributed by atoms with Crippen LogP contribution in [-0.2, 0) is 0 Å². The molecule has 0 bridgehead atoms. The zero-order chi connectivity index (χ0) is 22.4. The average Bonchev–Trinajstić information content (AvgIpc) is 2.74. The number of amides is 2. The summed E-state index contributed by atoms with van der Waals surface area (Å²) >= 11 is 0. The maximum atomic E-state index is 13.6. The van der Waals surface area contributed by atoms with Gasteiger partial charge in [0.15, 0.2) is 0 Å². The third-order valence-corrected chi connectivity index (χ3v) is 4.80. The molecule has 6 nitrogen and oxygen atoms in total. The number of carbonyl (C=O) groups excluding carboxylic acids is 2. The van der Waals surface area contributed by atoms with Crippen LogP contribution in [0.2, 0.25) is 0 Å². The number of hydrogen-bond acceptors (Lipinski definition) is 4. The second kappa shape index (κ2) is 9.86. The average molecular weight is 421 g/mol. The molecule has 0 spiro atoms. The Morgan fingerprint density at radius 3 is 2.06 bits per heavy atom. The third kappa shape index (κ3) is 5.90. The minimum absolute atomic E-state index is 0.161. The van der Waals surface area contributed by atoms with Crippen molar-refractivity contribution in [3.05, 3.63) is 95.3 Å². The van der Waals surface area contributed by atoms with Gasteiger partial charge in [-0.15, -0.1) is 0 Å². The van der Waals surface area contributed by atoms with E-state index in [4.69, 9.17) is 10.5 Å². The topological polar surface area (TPSA) is 84.7 Å². The van der Waals surface area contributed by atoms with Crippen molar-refractivity contribution in [3.8, 4) is 11.5 Å². The Labute approximate surface area is 180 Å². The molecule has 31 heavy (non-hydrogen) atoms. The maximum Gasteiger partial charge on any atom is 0.251 e. The van der Waals surface area contributed by atoms with Gasteiger partial charge in [-0.25, -0.2) is 4.39 Å². The van der Waals surface area contributed by atoms with Crippen molar-refractivity contribution in [2.24, 2.45) is 5.73 Å². The number of primary amides is 1. The Balaban J connectivity index is 1.61. The molecule has 0 fully saturated rings. The number of ether oxygens (including phenoxy) is 1. The summed E-state index contributed by atoms with van der Waals surface area (Å²) in [7, 11) is 3.76. The van der Waals surface area contributed by atoms with Gasteiger partial charge in [-0.3, -0.25) is 9.59 Å². The molecule has 0 radical (unpaired) electrons. The van der Waals surface area contributed by atoms with E-state index in [1.807, 2.05) is 25.1 Å². The van der Waals surface area contributed by atoms with Crippen LogP contribution in [0.25, 0.3) is 0 Å². The molecule has 1 atom stereocenters. The molecular weight excluding hydrogens is 397 g/mol. The summed E-state index contributed by atoms with van der Waals surface area (Å²) in [4.78, 5) is 25.6. The summed E-state index contributed by atoms with van der Waals surface area (Å²) in [6, 6.07) is 19.4. The number of nitrogens with two attached hydrogens (primary N) is 1. The van der Waals surface area contributed by atoms with Crippen molar-refractivity contribution in [1.29, 1.82) is 0 Å². The second-order valence-electron chi connectivity index (χ2n) is 7.26. The Morgan fingerprint density at radius 1 is 0.968 bits per heavy atom. The van der Waals surface area contributed by atoms with E-state index in [0.717, 1.165) is 5.56 Å². The van der Waals surface area contributed by atoms with E-state index < -0.39 is 5.91 Å². The summed E-state index contributed by atoms with van der Waals surface area (Å²) in [6.45, 7) is 0.333. The van der Waals surface area contributed by atoms with Crippen molar-refractivity contribution in [2.45, 2.75) is 6.04 Å². The Morgan fingerprint density at radius 2 is 1.55 bits per heavy atom. The zero-order valence-electron chi connectivity index (χ0n) is 17.3. The summed E-state index contributed by atoms with van der Waals surface area (Å²) < 4.78 is 19.3. The molecule has 7 heteroatoms.